The quantitative estimate of drug-likeness (QED) is 0.321. The van der Waals surface area contributed by atoms with E-state index in [9.17, 15) is 4.57 Å². The van der Waals surface area contributed by atoms with Gasteiger partial charge < -0.3 is 22.7 Å². The first-order valence-corrected chi connectivity index (χ1v) is 3.05. The van der Waals surface area contributed by atoms with E-state index in [0.29, 0.717) is 0 Å². The average Bonchev–Trinajstić information content (AvgIpc) is 1.21. The van der Waals surface area contributed by atoms with Crippen LogP contribution in [0.4, 0.5) is 0 Å². The molecule has 0 aliphatic carbocycles. The van der Waals surface area contributed by atoms with Crippen LogP contribution in [0.2, 0.25) is 0 Å². The molecule has 0 saturated carbocycles. The van der Waals surface area contributed by atoms with E-state index in [1.165, 1.54) is 0 Å². The van der Waals surface area contributed by atoms with Gasteiger partial charge in [-0.15, -0.1) is 0 Å². The zero-order valence-electron chi connectivity index (χ0n) is 6.34. The maximum atomic E-state index is 9.59. The van der Waals surface area contributed by atoms with Crippen LogP contribution in [0.1, 0.15) is 2.85 Å². The van der Waals surface area contributed by atoms with Crippen molar-refractivity contribution in [2.24, 2.45) is 0 Å². The van der Waals surface area contributed by atoms with Crippen LogP contribution < -0.4 is 0 Å². The van der Waals surface area contributed by atoms with Crippen molar-refractivity contribution in [1.29, 1.82) is 0 Å². The topological polar surface area (TPSA) is 107 Å². The van der Waals surface area contributed by atoms with Crippen molar-refractivity contribution in [3.63, 3.8) is 0 Å². The molecule has 0 heterocycles. The van der Waals surface area contributed by atoms with Crippen molar-refractivity contribution in [3.8, 4) is 0 Å². The second-order valence-corrected chi connectivity index (χ2v) is 2.11. The zero-order chi connectivity index (χ0) is 6.78. The van der Waals surface area contributed by atoms with Gasteiger partial charge in [-0.25, -0.2) is 4.57 Å². The zero-order valence-corrected chi connectivity index (χ0v) is 8.71. The van der Waals surface area contributed by atoms with Gasteiger partial charge in [-0.05, 0) is 0 Å². The van der Waals surface area contributed by atoms with Crippen LogP contribution >= 0.6 is 7.82 Å². The van der Waals surface area contributed by atoms with Crippen molar-refractivity contribution in [2.45, 2.75) is 0 Å². The van der Waals surface area contributed by atoms with Crippen LogP contribution in [-0.2, 0) is 9.01 Å². The molecule has 0 unspecified atom stereocenters. The summed E-state index contributed by atoms with van der Waals surface area (Å²) < 4.78 is 12.8. The van der Waals surface area contributed by atoms with Crippen molar-refractivity contribution in [3.05, 3.63) is 0 Å². The van der Waals surface area contributed by atoms with E-state index in [1.807, 2.05) is 0 Å². The third-order valence-electron chi connectivity index (χ3n) is 0.232. The summed E-state index contributed by atoms with van der Waals surface area (Å²) >= 11 is 0. The van der Waals surface area contributed by atoms with Crippen molar-refractivity contribution >= 4 is 60.6 Å². The fourth-order valence-corrected chi connectivity index (χ4v) is 0.368. The molecule has 9 heavy (non-hydrogen) atoms. The minimum absolute atomic E-state index is 0. The molecule has 0 aromatic carbocycles. The standard InChI is InChI=1S/BH4O6P.Sr.2H/c2-1(3)7-8(4,5)6;;;/h2-3H,(H2,4,5,6);;;/q;+2;2*-1. The molecule has 0 amide bonds. The number of hydrogen-bond donors (Lipinski definition) is 4. The predicted octanol–water partition coefficient (Wildman–Crippen LogP) is -2.09. The van der Waals surface area contributed by atoms with Gasteiger partial charge in [0.25, 0.3) is 0 Å². The molecule has 0 aromatic rings. The maximum Gasteiger partial charge on any atom is 2.00 e. The van der Waals surface area contributed by atoms with Crippen LogP contribution in [0.15, 0.2) is 0 Å². The Morgan fingerprint density at radius 3 is 1.78 bits per heavy atom. The second-order valence-electron chi connectivity index (χ2n) is 0.922. The molecule has 0 spiro atoms. The van der Waals surface area contributed by atoms with Gasteiger partial charge >= 0.3 is 60.6 Å². The number of phosphoric acid groups is 1. The Morgan fingerprint density at radius 1 is 1.44 bits per heavy atom. The van der Waals surface area contributed by atoms with Gasteiger partial charge in [0.05, 0.1) is 0 Å². The normalized spacial score (nSPS) is 10.2. The Bertz CT molecular complexity index is 113. The fraction of sp³-hybridized carbons (Fsp3) is 0. The third kappa shape index (κ3) is 12.7. The molecule has 0 bridgehead atoms. The summed E-state index contributed by atoms with van der Waals surface area (Å²) in [4.78, 5) is 15.5. The minimum atomic E-state index is -4.72. The molecule has 0 aliphatic rings. The Kier molecular flexibility index (Phi) is 7.70. The molecule has 6 nitrogen and oxygen atoms in total. The second kappa shape index (κ2) is 5.26. The monoisotopic (exact) mass is 232 g/mol. The van der Waals surface area contributed by atoms with Gasteiger partial charge in [0.15, 0.2) is 0 Å². The molecule has 0 aromatic heterocycles. The summed E-state index contributed by atoms with van der Waals surface area (Å²) in [5.41, 5.74) is 0. The molecule has 0 aliphatic heterocycles. The molecular weight excluding hydrogens is 225 g/mol. The van der Waals surface area contributed by atoms with E-state index in [4.69, 9.17) is 19.8 Å². The predicted molar refractivity (Wildman–Crippen MR) is 31.3 cm³/mol. The average molecular weight is 231 g/mol. The molecule has 52 valence electrons. The van der Waals surface area contributed by atoms with Crippen LogP contribution in [0.25, 0.3) is 0 Å². The Balaban J connectivity index is -0.0000000817. The molecule has 9 heteroatoms. The summed E-state index contributed by atoms with van der Waals surface area (Å²) in [5, 5.41) is 15.5. The molecular formula is H6BO6PSr. The molecule has 0 rings (SSSR count). The largest absolute Gasteiger partial charge is 2.00 e. The minimum Gasteiger partial charge on any atom is -1.00 e. The summed E-state index contributed by atoms with van der Waals surface area (Å²) in [6.07, 6.45) is 0. The Hall–Kier alpha value is 1.58. The molecule has 0 atom stereocenters. The summed E-state index contributed by atoms with van der Waals surface area (Å²) in [7, 11) is -7.14. The smallest absolute Gasteiger partial charge is 1.00 e. The van der Waals surface area contributed by atoms with Crippen LogP contribution in [-0.4, -0.2) is 72.6 Å². The summed E-state index contributed by atoms with van der Waals surface area (Å²) in [5.74, 6) is 0. The van der Waals surface area contributed by atoms with Crippen molar-refractivity contribution in [1.82, 2.24) is 0 Å². The van der Waals surface area contributed by atoms with Crippen LogP contribution in [0.3, 0.4) is 0 Å². The SMILES string of the molecule is O=P(O)(O)OB(O)O.[H-].[H-].[Sr+2]. The van der Waals surface area contributed by atoms with Gasteiger partial charge in [-0.1, -0.05) is 0 Å². The first-order valence-electron chi connectivity index (χ1n) is 1.52. The van der Waals surface area contributed by atoms with E-state index < -0.39 is 15.1 Å². The third-order valence-corrected chi connectivity index (χ3v) is 0.695. The van der Waals surface area contributed by atoms with E-state index in [2.05, 4.69) is 4.44 Å². The van der Waals surface area contributed by atoms with Crippen LogP contribution in [0, 0.1) is 0 Å². The fourth-order valence-electron chi connectivity index (χ4n) is 0.123. The first-order chi connectivity index (χ1) is 3.42. The van der Waals surface area contributed by atoms with Gasteiger partial charge in [0, 0.05) is 0 Å². The number of hydrogen-bond acceptors (Lipinski definition) is 4. The molecule has 0 saturated heterocycles. The first kappa shape index (κ1) is 13.2. The molecule has 4 N–H and O–H groups in total. The molecule has 0 radical (unpaired) electrons. The van der Waals surface area contributed by atoms with E-state index in [0.717, 1.165) is 0 Å². The van der Waals surface area contributed by atoms with Crippen molar-refractivity contribution in [2.75, 3.05) is 0 Å². The summed E-state index contributed by atoms with van der Waals surface area (Å²) in [6.45, 7) is 0. The van der Waals surface area contributed by atoms with Crippen molar-refractivity contribution < 1.29 is 31.7 Å². The van der Waals surface area contributed by atoms with E-state index in [1.54, 1.807) is 0 Å². The van der Waals surface area contributed by atoms with Gasteiger partial charge in [0.1, 0.15) is 0 Å². The van der Waals surface area contributed by atoms with Crippen LogP contribution in [0.5, 0.6) is 0 Å². The number of rotatable bonds is 2. The molecule has 0 fully saturated rings. The Morgan fingerprint density at radius 2 is 1.78 bits per heavy atom. The van der Waals surface area contributed by atoms with Gasteiger partial charge in [-0.2, -0.15) is 0 Å². The summed E-state index contributed by atoms with van der Waals surface area (Å²) in [6, 6.07) is 0. The van der Waals surface area contributed by atoms with E-state index >= 15 is 0 Å². The Labute approximate surface area is 91.5 Å². The van der Waals surface area contributed by atoms with Gasteiger partial charge in [-0.3, -0.25) is 4.44 Å². The maximum absolute atomic E-state index is 9.59. The van der Waals surface area contributed by atoms with Gasteiger partial charge in [0.2, 0.25) is 0 Å². The van der Waals surface area contributed by atoms with E-state index in [-0.39, 0.29) is 48.3 Å².